The number of hydrogen-bond donors (Lipinski definition) is 0. The molecule has 50 valence electrons. The van der Waals surface area contributed by atoms with Gasteiger partial charge >= 0.3 is 0 Å². The van der Waals surface area contributed by atoms with Gasteiger partial charge in [-0.2, -0.15) is 0 Å². The molecule has 4 heteroatoms. The van der Waals surface area contributed by atoms with E-state index in [1.54, 1.807) is 0 Å². The molecule has 0 saturated carbocycles. The van der Waals surface area contributed by atoms with Crippen molar-refractivity contribution in [3.05, 3.63) is 10.7 Å². The first kappa shape index (κ1) is 8.66. The zero-order valence-corrected chi connectivity index (χ0v) is 6.33. The number of rotatable bonds is 2. The normalized spacial score (nSPS) is 12.3. The van der Waals surface area contributed by atoms with Gasteiger partial charge in [-0.1, -0.05) is 11.6 Å². The van der Waals surface area contributed by atoms with Crippen molar-refractivity contribution in [1.82, 2.24) is 0 Å². The lowest BCUT2D eigenvalue weighted by Crippen LogP contribution is -1.88. The van der Waals surface area contributed by atoms with Crippen molar-refractivity contribution in [3.8, 4) is 0 Å². The number of allylic oxidation sites excluding steroid dienone is 1. The third kappa shape index (κ3) is 2.63. The fraction of sp³-hybridized carbons (Fsp3) is 0.200. The molecule has 0 aromatic carbocycles. The molecule has 0 aliphatic carbocycles. The van der Waals surface area contributed by atoms with Crippen LogP contribution in [0.5, 0.6) is 0 Å². The highest BCUT2D eigenvalue weighted by molar-refractivity contribution is 6.68. The molecule has 0 aliphatic rings. The maximum absolute atomic E-state index is 10.3. The summed E-state index contributed by atoms with van der Waals surface area (Å²) in [5.41, 5.74) is 0.216. The quantitative estimate of drug-likeness (QED) is 0.266. The van der Waals surface area contributed by atoms with Gasteiger partial charge in [-0.05, 0) is 25.2 Å². The minimum atomic E-state index is -0.604. The zero-order valence-electron chi connectivity index (χ0n) is 4.82. The lowest BCUT2D eigenvalue weighted by atomic mass is 10.4. The van der Waals surface area contributed by atoms with Crippen LogP contribution in [0.15, 0.2) is 15.7 Å². The molecular weight excluding hydrogens is 161 g/mol. The highest BCUT2D eigenvalue weighted by Gasteiger charge is 2.02. The Labute approximate surface area is 63.2 Å². The van der Waals surface area contributed by atoms with Gasteiger partial charge in [-0.15, -0.1) is 0 Å². The molecule has 0 aliphatic heterocycles. The highest BCUT2D eigenvalue weighted by atomic mass is 35.5. The molecule has 0 radical (unpaired) electrons. The van der Waals surface area contributed by atoms with Crippen molar-refractivity contribution in [2.24, 2.45) is 4.99 Å². The maximum atomic E-state index is 10.3. The molecule has 0 bridgehead atoms. The van der Waals surface area contributed by atoms with Gasteiger partial charge in [0.15, 0.2) is 0 Å². The van der Waals surface area contributed by atoms with Crippen LogP contribution in [-0.2, 0) is 4.79 Å². The minimum absolute atomic E-state index is 0.0509. The maximum Gasteiger partial charge on any atom is 0.251 e. The first-order valence-corrected chi connectivity index (χ1v) is 2.88. The topological polar surface area (TPSA) is 29.4 Å². The van der Waals surface area contributed by atoms with Crippen LogP contribution in [0.4, 0.5) is 0 Å². The largest absolute Gasteiger partial charge is 0.276 e. The fourth-order valence-corrected chi connectivity index (χ4v) is 0.423. The predicted octanol–water partition coefficient (Wildman–Crippen LogP) is 1.92. The Kier molecular flexibility index (Phi) is 3.50. The molecule has 0 amide bonds. The molecule has 0 N–H and O–H groups in total. The number of halogens is 2. The fourth-order valence-electron chi connectivity index (χ4n) is 0.200. The monoisotopic (exact) mass is 165 g/mol. The molecule has 0 saturated heterocycles. The molecule has 9 heavy (non-hydrogen) atoms. The Hall–Kier alpha value is -0.340. The summed E-state index contributed by atoms with van der Waals surface area (Å²) >= 11 is 10.4. The van der Waals surface area contributed by atoms with Crippen molar-refractivity contribution >= 4 is 35.2 Å². The van der Waals surface area contributed by atoms with Gasteiger partial charge in [0.25, 0.3) is 5.24 Å². The Balaban J connectivity index is 4.47. The number of carbonyl (C=O) groups is 1. The number of nitrogens with zero attached hydrogens (tertiary/aromatic N) is 1. The number of carbonyl (C=O) groups excluding carboxylic acids is 1. The molecule has 0 fully saturated rings. The van der Waals surface area contributed by atoms with E-state index < -0.39 is 5.24 Å². The van der Waals surface area contributed by atoms with Crippen molar-refractivity contribution in [3.63, 3.8) is 0 Å². The van der Waals surface area contributed by atoms with Gasteiger partial charge in [-0.3, -0.25) is 9.79 Å². The molecule has 0 aromatic rings. The van der Waals surface area contributed by atoms with Gasteiger partial charge in [0, 0.05) is 5.57 Å². The summed E-state index contributed by atoms with van der Waals surface area (Å²) < 4.78 is 0. The Morgan fingerprint density at radius 3 is 2.11 bits per heavy atom. The summed E-state index contributed by atoms with van der Waals surface area (Å²) in [6.45, 7) is 4.59. The van der Waals surface area contributed by atoms with E-state index in [1.165, 1.54) is 6.92 Å². The molecular formula is C5H5Cl2NO. The molecule has 0 atom stereocenters. The second-order valence-electron chi connectivity index (χ2n) is 1.35. The van der Waals surface area contributed by atoms with Crippen LogP contribution >= 0.6 is 23.2 Å². The third-order valence-corrected chi connectivity index (χ3v) is 1.43. The lowest BCUT2D eigenvalue weighted by molar-refractivity contribution is -0.108. The first-order valence-electron chi connectivity index (χ1n) is 2.12. The first-order chi connectivity index (χ1) is 4.09. The molecule has 0 spiro atoms. The third-order valence-electron chi connectivity index (χ3n) is 0.743. The van der Waals surface area contributed by atoms with E-state index >= 15 is 0 Å². The van der Waals surface area contributed by atoms with Gasteiger partial charge < -0.3 is 0 Å². The van der Waals surface area contributed by atoms with Crippen molar-refractivity contribution in [2.45, 2.75) is 6.92 Å². The van der Waals surface area contributed by atoms with E-state index in [0.29, 0.717) is 0 Å². The Morgan fingerprint density at radius 2 is 2.00 bits per heavy atom. The van der Waals surface area contributed by atoms with Crippen LogP contribution < -0.4 is 0 Å². The average molecular weight is 166 g/mol. The standard InChI is InChI=1S/C5H5Cl2NO/c1-3(5(7)9)4(6)8-2/h2H2,1H3/b4-3+. The summed E-state index contributed by atoms with van der Waals surface area (Å²) in [6.07, 6.45) is 0. The van der Waals surface area contributed by atoms with Gasteiger partial charge in [0.1, 0.15) is 5.16 Å². The average Bonchev–Trinajstić information content (AvgIpc) is 1.84. The van der Waals surface area contributed by atoms with Crippen LogP contribution in [0.2, 0.25) is 0 Å². The van der Waals surface area contributed by atoms with E-state index in [9.17, 15) is 4.79 Å². The highest BCUT2D eigenvalue weighted by Crippen LogP contribution is 2.11. The molecule has 0 heterocycles. The predicted molar refractivity (Wildman–Crippen MR) is 39.0 cm³/mol. The number of hydrogen-bond acceptors (Lipinski definition) is 2. The zero-order chi connectivity index (χ0) is 7.44. The smallest absolute Gasteiger partial charge is 0.251 e. The SMILES string of the molecule is C=N/C(Cl)=C(\C)C(=O)Cl. The van der Waals surface area contributed by atoms with Crippen molar-refractivity contribution in [1.29, 1.82) is 0 Å². The van der Waals surface area contributed by atoms with Crippen LogP contribution in [0.3, 0.4) is 0 Å². The van der Waals surface area contributed by atoms with Crippen LogP contribution in [0.25, 0.3) is 0 Å². The van der Waals surface area contributed by atoms with E-state index in [4.69, 9.17) is 23.2 Å². The molecule has 0 rings (SSSR count). The second-order valence-corrected chi connectivity index (χ2v) is 2.05. The second kappa shape index (κ2) is 3.64. The lowest BCUT2D eigenvalue weighted by Gasteiger charge is -1.90. The molecule has 2 nitrogen and oxygen atoms in total. The number of aliphatic imine (C=N–C) groups is 1. The molecule has 0 aromatic heterocycles. The van der Waals surface area contributed by atoms with Gasteiger partial charge in [0.05, 0.1) is 0 Å². The van der Waals surface area contributed by atoms with Gasteiger partial charge in [-0.25, -0.2) is 0 Å². The van der Waals surface area contributed by atoms with E-state index in [1.807, 2.05) is 0 Å². The minimum Gasteiger partial charge on any atom is -0.276 e. The Bertz CT molecular complexity index is 174. The van der Waals surface area contributed by atoms with Crippen molar-refractivity contribution < 1.29 is 4.79 Å². The molecule has 0 unspecified atom stereocenters. The summed E-state index contributed by atoms with van der Waals surface area (Å²) in [4.78, 5) is 13.6. The van der Waals surface area contributed by atoms with Crippen LogP contribution in [0.1, 0.15) is 6.92 Å². The van der Waals surface area contributed by atoms with Gasteiger partial charge in [0.2, 0.25) is 0 Å². The van der Waals surface area contributed by atoms with Crippen LogP contribution in [-0.4, -0.2) is 12.0 Å². The van der Waals surface area contributed by atoms with Crippen molar-refractivity contribution in [2.75, 3.05) is 0 Å². The summed E-state index contributed by atoms with van der Waals surface area (Å²) in [5, 5.41) is -0.553. The van der Waals surface area contributed by atoms with Crippen LogP contribution in [0, 0.1) is 0 Å². The van der Waals surface area contributed by atoms with E-state index in [0.717, 1.165) is 0 Å². The van der Waals surface area contributed by atoms with E-state index in [2.05, 4.69) is 11.7 Å². The summed E-state index contributed by atoms with van der Waals surface area (Å²) in [7, 11) is 0. The summed E-state index contributed by atoms with van der Waals surface area (Å²) in [6, 6.07) is 0. The summed E-state index contributed by atoms with van der Waals surface area (Å²) in [5.74, 6) is 0. The van der Waals surface area contributed by atoms with E-state index in [-0.39, 0.29) is 10.7 Å². The Morgan fingerprint density at radius 1 is 1.56 bits per heavy atom.